The van der Waals surface area contributed by atoms with E-state index in [1.54, 1.807) is 6.33 Å². The number of aliphatic hydroxyl groups is 1. The van der Waals surface area contributed by atoms with E-state index in [2.05, 4.69) is 20.1 Å². The number of rotatable bonds is 3. The number of aliphatic hydroxyl groups excluding tert-OH is 1. The average Bonchev–Trinajstić information content (AvgIpc) is 3.36. The molecule has 26 heavy (non-hydrogen) atoms. The minimum absolute atomic E-state index is 0.00437. The number of hydrogen-bond acceptors (Lipinski definition) is 6. The summed E-state index contributed by atoms with van der Waals surface area (Å²) in [5, 5.41) is 14.5. The van der Waals surface area contributed by atoms with Gasteiger partial charge in [-0.2, -0.15) is 0 Å². The minimum Gasteiger partial charge on any atom is -0.396 e. The van der Waals surface area contributed by atoms with Gasteiger partial charge < -0.3 is 14.5 Å². The van der Waals surface area contributed by atoms with Crippen LogP contribution in [0.4, 0.5) is 0 Å². The molecule has 0 saturated heterocycles. The van der Waals surface area contributed by atoms with Crippen molar-refractivity contribution in [3.63, 3.8) is 0 Å². The third-order valence-electron chi connectivity index (χ3n) is 5.34. The van der Waals surface area contributed by atoms with Crippen LogP contribution in [0.3, 0.4) is 0 Å². The second-order valence-corrected chi connectivity index (χ2v) is 7.03. The molecular weight excluding hydrogens is 354 g/mol. The molecule has 0 bridgehead atoms. The van der Waals surface area contributed by atoms with Crippen LogP contribution in [0.5, 0.6) is 0 Å². The first-order valence-corrected chi connectivity index (χ1v) is 8.88. The van der Waals surface area contributed by atoms with E-state index >= 15 is 0 Å². The van der Waals surface area contributed by atoms with E-state index in [0.717, 1.165) is 17.7 Å². The lowest BCUT2D eigenvalue weighted by Crippen LogP contribution is -2.28. The molecule has 4 atom stereocenters. The van der Waals surface area contributed by atoms with E-state index in [-0.39, 0.29) is 30.6 Å². The Bertz CT molecular complexity index is 990. The molecule has 2 aliphatic rings. The molecule has 3 aromatic rings. The van der Waals surface area contributed by atoms with Gasteiger partial charge in [0.05, 0.1) is 18.0 Å². The summed E-state index contributed by atoms with van der Waals surface area (Å²) in [4.78, 5) is 18.5. The van der Waals surface area contributed by atoms with Crippen LogP contribution in [0.1, 0.15) is 18.0 Å². The van der Waals surface area contributed by atoms with Crippen molar-refractivity contribution < 1.29 is 9.94 Å². The lowest BCUT2D eigenvalue weighted by atomic mass is 9.90. The lowest BCUT2D eigenvalue weighted by molar-refractivity contribution is 0.0206. The van der Waals surface area contributed by atoms with E-state index in [4.69, 9.17) is 16.4 Å². The SMILES string of the molecule is OC[C@H]1C[C@@H](n2cnc3c(Cl)ncnc32)[C@@H]2C(c3ccccc3)=NO[C@H]12. The number of oxime groups is 1. The Labute approximate surface area is 154 Å². The number of halogens is 1. The van der Waals surface area contributed by atoms with Crippen LogP contribution < -0.4 is 0 Å². The molecule has 0 spiro atoms. The molecule has 0 unspecified atom stereocenters. The normalized spacial score (nSPS) is 27.4. The topological polar surface area (TPSA) is 85.4 Å². The fraction of sp³-hybridized carbons (Fsp3) is 0.333. The van der Waals surface area contributed by atoms with Gasteiger partial charge in [-0.05, 0) is 12.0 Å². The van der Waals surface area contributed by atoms with Gasteiger partial charge in [0.25, 0.3) is 0 Å². The Balaban J connectivity index is 1.61. The van der Waals surface area contributed by atoms with Crippen molar-refractivity contribution in [2.24, 2.45) is 17.0 Å². The van der Waals surface area contributed by atoms with Crippen molar-refractivity contribution >= 4 is 28.5 Å². The highest BCUT2D eigenvalue weighted by Crippen LogP contribution is 2.47. The van der Waals surface area contributed by atoms with Crippen molar-refractivity contribution in [3.8, 4) is 0 Å². The smallest absolute Gasteiger partial charge is 0.165 e. The molecule has 0 amide bonds. The quantitative estimate of drug-likeness (QED) is 0.717. The zero-order valence-electron chi connectivity index (χ0n) is 13.7. The van der Waals surface area contributed by atoms with Gasteiger partial charge in [-0.25, -0.2) is 15.0 Å². The van der Waals surface area contributed by atoms with Crippen LogP contribution in [-0.2, 0) is 4.84 Å². The lowest BCUT2D eigenvalue weighted by Gasteiger charge is -2.20. The van der Waals surface area contributed by atoms with E-state index < -0.39 is 0 Å². The molecule has 132 valence electrons. The Kier molecular flexibility index (Phi) is 3.65. The summed E-state index contributed by atoms with van der Waals surface area (Å²) in [5.74, 6) is 0.0189. The van der Waals surface area contributed by atoms with E-state index in [1.807, 2.05) is 34.9 Å². The predicted octanol–water partition coefficient (Wildman–Crippen LogP) is 2.45. The molecule has 1 aromatic carbocycles. The maximum absolute atomic E-state index is 9.84. The third-order valence-corrected chi connectivity index (χ3v) is 5.62. The first-order valence-electron chi connectivity index (χ1n) is 8.51. The summed E-state index contributed by atoms with van der Waals surface area (Å²) in [6.45, 7) is 0.0532. The molecule has 0 radical (unpaired) electrons. The summed E-state index contributed by atoms with van der Waals surface area (Å²) in [7, 11) is 0. The highest BCUT2D eigenvalue weighted by atomic mass is 35.5. The number of benzene rings is 1. The Hall–Kier alpha value is -2.51. The van der Waals surface area contributed by atoms with E-state index in [9.17, 15) is 5.11 Å². The summed E-state index contributed by atoms with van der Waals surface area (Å²) in [6, 6.07) is 10.0. The summed E-state index contributed by atoms with van der Waals surface area (Å²) in [5.41, 5.74) is 3.20. The Morgan fingerprint density at radius 1 is 1.19 bits per heavy atom. The summed E-state index contributed by atoms with van der Waals surface area (Å²) in [6.07, 6.45) is 3.78. The zero-order chi connectivity index (χ0) is 17.7. The van der Waals surface area contributed by atoms with E-state index in [1.165, 1.54) is 6.33 Å². The van der Waals surface area contributed by atoms with Crippen molar-refractivity contribution in [2.45, 2.75) is 18.6 Å². The number of imidazole rings is 1. The maximum Gasteiger partial charge on any atom is 0.165 e. The van der Waals surface area contributed by atoms with Crippen LogP contribution in [0.2, 0.25) is 5.15 Å². The average molecular weight is 370 g/mol. The fourth-order valence-corrected chi connectivity index (χ4v) is 4.33. The minimum atomic E-state index is -0.157. The predicted molar refractivity (Wildman–Crippen MR) is 95.9 cm³/mol. The molecular formula is C18H16ClN5O2. The Morgan fingerprint density at radius 3 is 2.85 bits per heavy atom. The van der Waals surface area contributed by atoms with Gasteiger partial charge in [-0.3, -0.25) is 0 Å². The highest BCUT2D eigenvalue weighted by Gasteiger charge is 2.52. The number of aromatic nitrogens is 4. The fourth-order valence-electron chi connectivity index (χ4n) is 4.16. The van der Waals surface area contributed by atoms with Gasteiger partial charge >= 0.3 is 0 Å². The molecule has 7 nitrogen and oxygen atoms in total. The summed E-state index contributed by atoms with van der Waals surface area (Å²) < 4.78 is 2.02. The maximum atomic E-state index is 9.84. The largest absolute Gasteiger partial charge is 0.396 e. The van der Waals surface area contributed by atoms with Crippen molar-refractivity contribution in [2.75, 3.05) is 6.61 Å². The van der Waals surface area contributed by atoms with Gasteiger partial charge in [0.2, 0.25) is 0 Å². The van der Waals surface area contributed by atoms with Gasteiger partial charge in [0.15, 0.2) is 10.8 Å². The van der Waals surface area contributed by atoms with Crippen LogP contribution >= 0.6 is 11.6 Å². The monoisotopic (exact) mass is 369 g/mol. The van der Waals surface area contributed by atoms with Gasteiger partial charge in [-0.1, -0.05) is 47.1 Å². The highest BCUT2D eigenvalue weighted by molar-refractivity contribution is 6.33. The second-order valence-electron chi connectivity index (χ2n) is 6.67. The summed E-state index contributed by atoms with van der Waals surface area (Å²) >= 11 is 6.15. The van der Waals surface area contributed by atoms with Crippen molar-refractivity contribution in [1.82, 2.24) is 19.5 Å². The van der Waals surface area contributed by atoms with Gasteiger partial charge in [0, 0.05) is 18.6 Å². The van der Waals surface area contributed by atoms with Crippen molar-refractivity contribution in [1.29, 1.82) is 0 Å². The molecule has 1 aliphatic heterocycles. The molecule has 8 heteroatoms. The standard InChI is InChI=1S/C18H16ClN5O2/c19-17-15-18(21-8-20-17)24(9-22-15)12-6-11(7-25)16-13(12)14(23-26-16)10-4-2-1-3-5-10/h1-5,8-9,11-13,16,25H,6-7H2/t11-,12-,13-,16-/m1/s1. The van der Waals surface area contributed by atoms with E-state index in [0.29, 0.717) is 16.3 Å². The van der Waals surface area contributed by atoms with Crippen LogP contribution in [0.25, 0.3) is 11.2 Å². The first kappa shape index (κ1) is 15.7. The molecule has 1 saturated carbocycles. The number of nitrogens with zero attached hydrogens (tertiary/aromatic N) is 5. The number of hydrogen-bond donors (Lipinski definition) is 1. The van der Waals surface area contributed by atoms with Crippen molar-refractivity contribution in [3.05, 3.63) is 53.7 Å². The first-order chi connectivity index (χ1) is 12.8. The molecule has 3 heterocycles. The van der Waals surface area contributed by atoms with Crippen LogP contribution in [0, 0.1) is 11.8 Å². The van der Waals surface area contributed by atoms with Crippen LogP contribution in [-0.4, -0.2) is 43.0 Å². The molecule has 2 aromatic heterocycles. The molecule has 1 N–H and O–H groups in total. The zero-order valence-corrected chi connectivity index (χ0v) is 14.5. The Morgan fingerprint density at radius 2 is 2.04 bits per heavy atom. The van der Waals surface area contributed by atoms with Gasteiger partial charge in [-0.15, -0.1) is 0 Å². The third kappa shape index (κ3) is 2.24. The molecule has 1 fully saturated rings. The number of fused-ring (bicyclic) bond motifs is 2. The second kappa shape index (κ2) is 6.03. The molecule has 5 rings (SSSR count). The molecule has 1 aliphatic carbocycles. The van der Waals surface area contributed by atoms with Crippen LogP contribution in [0.15, 0.2) is 48.1 Å². The van der Waals surface area contributed by atoms with Gasteiger partial charge in [0.1, 0.15) is 17.9 Å².